The van der Waals surface area contributed by atoms with Crippen molar-refractivity contribution >= 4 is 34.7 Å². The molecule has 156 valence electrons. The van der Waals surface area contributed by atoms with Crippen molar-refractivity contribution in [3.8, 4) is 11.5 Å². The number of fused-ring (bicyclic) bond motifs is 1. The van der Waals surface area contributed by atoms with Crippen molar-refractivity contribution in [3.63, 3.8) is 0 Å². The van der Waals surface area contributed by atoms with E-state index in [0.717, 1.165) is 16.5 Å². The number of para-hydroxylation sites is 1. The maximum Gasteiger partial charge on any atom is 0.337 e. The molecule has 2 amide bonds. The van der Waals surface area contributed by atoms with Gasteiger partial charge >= 0.3 is 12.0 Å². The molecule has 0 saturated carbocycles. The molecule has 9 nitrogen and oxygen atoms in total. The van der Waals surface area contributed by atoms with Gasteiger partial charge in [0.05, 0.1) is 23.8 Å². The van der Waals surface area contributed by atoms with E-state index in [0.29, 0.717) is 28.8 Å². The maximum atomic E-state index is 12.4. The minimum Gasteiger partial charge on any atom is -0.463 e. The summed E-state index contributed by atoms with van der Waals surface area (Å²) in [4.78, 5) is 27.6. The fourth-order valence-electron chi connectivity index (χ4n) is 3.33. The maximum absolute atomic E-state index is 12.4. The Morgan fingerprint density at radius 3 is 2.90 bits per heavy atom. The zero-order valence-electron chi connectivity index (χ0n) is 16.5. The zero-order chi connectivity index (χ0) is 21.1. The number of esters is 1. The molecule has 0 spiro atoms. The third-order valence-corrected chi connectivity index (χ3v) is 5.56. The quantitative estimate of drug-likeness (QED) is 0.391. The number of rotatable bonds is 7. The van der Waals surface area contributed by atoms with Crippen LogP contribution in [0.1, 0.15) is 20.3 Å². The Morgan fingerprint density at radius 1 is 1.27 bits per heavy atom. The number of hydrogen-bond acceptors (Lipinski definition) is 7. The number of carbonyl (C=O) groups excluding carboxylic acids is 2. The molecule has 1 aliphatic heterocycles. The van der Waals surface area contributed by atoms with E-state index in [9.17, 15) is 9.59 Å². The number of amides is 2. The van der Waals surface area contributed by atoms with Crippen LogP contribution in [0.3, 0.4) is 0 Å². The van der Waals surface area contributed by atoms with Crippen LogP contribution in [0.2, 0.25) is 0 Å². The summed E-state index contributed by atoms with van der Waals surface area (Å²) in [6.45, 7) is 3.89. The van der Waals surface area contributed by atoms with Crippen molar-refractivity contribution < 1.29 is 18.7 Å². The fourth-order valence-corrected chi connectivity index (χ4v) is 4.07. The number of nitrogens with one attached hydrogen (secondary N) is 3. The minimum absolute atomic E-state index is 0.255. The van der Waals surface area contributed by atoms with Crippen LogP contribution >= 0.6 is 11.8 Å². The Bertz CT molecular complexity index is 1120. The molecule has 1 atom stereocenters. The number of hydrogen-bond donors (Lipinski definition) is 3. The number of nitrogens with zero attached hydrogens (tertiary/aromatic N) is 2. The van der Waals surface area contributed by atoms with Crippen LogP contribution in [0.25, 0.3) is 22.4 Å². The molecule has 30 heavy (non-hydrogen) atoms. The van der Waals surface area contributed by atoms with E-state index < -0.39 is 12.0 Å². The van der Waals surface area contributed by atoms with Gasteiger partial charge in [0.2, 0.25) is 0 Å². The van der Waals surface area contributed by atoms with E-state index in [4.69, 9.17) is 9.15 Å². The van der Waals surface area contributed by atoms with E-state index in [-0.39, 0.29) is 18.4 Å². The Balaban J connectivity index is 1.56. The highest BCUT2D eigenvalue weighted by Crippen LogP contribution is 2.30. The topological polar surface area (TPSA) is 122 Å². The normalized spacial score (nSPS) is 16.5. The molecule has 3 aromatic rings. The standard InChI is InChI=1S/C20H21N5O4S/c1-3-13-16(18(26)28-4-2)15(23-19(27)22-13)10-30-20-25-24-17(29-20)12-9-21-14-8-6-5-7-11(12)14/h5-9,13,21H,3-4,10H2,1-2H3,(H2,22,23,27). The number of ether oxygens (including phenoxy) is 1. The Morgan fingerprint density at radius 2 is 2.10 bits per heavy atom. The molecule has 0 saturated heterocycles. The van der Waals surface area contributed by atoms with Crippen LogP contribution in [0.15, 0.2) is 51.4 Å². The van der Waals surface area contributed by atoms with Crippen LogP contribution < -0.4 is 10.6 Å². The molecule has 4 rings (SSSR count). The lowest BCUT2D eigenvalue weighted by molar-refractivity contribution is -0.139. The number of aromatic amines is 1. The number of benzene rings is 1. The van der Waals surface area contributed by atoms with Crippen molar-refractivity contribution in [1.82, 2.24) is 25.8 Å². The third-order valence-electron chi connectivity index (χ3n) is 4.71. The number of carbonyl (C=O) groups is 2. The molecule has 1 unspecified atom stereocenters. The molecule has 0 fully saturated rings. The Hall–Kier alpha value is -3.27. The van der Waals surface area contributed by atoms with Gasteiger partial charge in [-0.15, -0.1) is 10.2 Å². The van der Waals surface area contributed by atoms with Crippen molar-refractivity contribution in [3.05, 3.63) is 41.7 Å². The van der Waals surface area contributed by atoms with E-state index in [1.165, 1.54) is 11.8 Å². The predicted molar refractivity (Wildman–Crippen MR) is 112 cm³/mol. The second-order valence-electron chi connectivity index (χ2n) is 6.58. The summed E-state index contributed by atoms with van der Waals surface area (Å²) in [5, 5.41) is 15.0. The molecule has 10 heteroatoms. The van der Waals surface area contributed by atoms with Gasteiger partial charge in [0, 0.05) is 28.5 Å². The summed E-state index contributed by atoms with van der Waals surface area (Å²) >= 11 is 1.25. The lowest BCUT2D eigenvalue weighted by atomic mass is 10.0. The van der Waals surface area contributed by atoms with Crippen molar-refractivity contribution in [2.75, 3.05) is 12.4 Å². The van der Waals surface area contributed by atoms with E-state index >= 15 is 0 Å². The SMILES string of the molecule is CCOC(=O)C1=C(CSc2nnc(-c3c[nH]c4ccccc34)o2)NC(=O)NC1CC. The summed E-state index contributed by atoms with van der Waals surface area (Å²) in [6, 6.07) is 7.08. The average Bonchev–Trinajstić information content (AvgIpc) is 3.38. The second-order valence-corrected chi connectivity index (χ2v) is 7.51. The fraction of sp³-hybridized carbons (Fsp3) is 0.300. The highest BCUT2D eigenvalue weighted by Gasteiger charge is 2.31. The van der Waals surface area contributed by atoms with Crippen molar-refractivity contribution in [2.24, 2.45) is 0 Å². The number of thioether (sulfide) groups is 1. The van der Waals surface area contributed by atoms with E-state index in [1.807, 2.05) is 37.4 Å². The first-order valence-electron chi connectivity index (χ1n) is 9.61. The molecule has 3 N–H and O–H groups in total. The molecule has 0 radical (unpaired) electrons. The van der Waals surface area contributed by atoms with Gasteiger partial charge < -0.3 is 24.8 Å². The van der Waals surface area contributed by atoms with Gasteiger partial charge in [0.1, 0.15) is 0 Å². The lowest BCUT2D eigenvalue weighted by Gasteiger charge is -2.28. The van der Waals surface area contributed by atoms with E-state index in [2.05, 4.69) is 25.8 Å². The monoisotopic (exact) mass is 427 g/mol. The third kappa shape index (κ3) is 3.90. The molecule has 1 aliphatic rings. The largest absolute Gasteiger partial charge is 0.463 e. The number of urea groups is 1. The summed E-state index contributed by atoms with van der Waals surface area (Å²) in [7, 11) is 0. The van der Waals surface area contributed by atoms with Gasteiger partial charge in [0.15, 0.2) is 0 Å². The van der Waals surface area contributed by atoms with E-state index in [1.54, 1.807) is 6.92 Å². The van der Waals surface area contributed by atoms with Gasteiger partial charge in [0.25, 0.3) is 11.1 Å². The summed E-state index contributed by atoms with van der Waals surface area (Å²) in [5.74, 6) is 0.237. The molecule has 0 bridgehead atoms. The molecule has 0 aliphatic carbocycles. The van der Waals surface area contributed by atoms with Crippen LogP contribution in [-0.2, 0) is 9.53 Å². The highest BCUT2D eigenvalue weighted by molar-refractivity contribution is 7.99. The lowest BCUT2D eigenvalue weighted by Crippen LogP contribution is -2.50. The number of H-pyrrole nitrogens is 1. The predicted octanol–water partition coefficient (Wildman–Crippen LogP) is 3.22. The summed E-state index contributed by atoms with van der Waals surface area (Å²) in [5.41, 5.74) is 2.70. The molecular formula is C20H21N5O4S. The summed E-state index contributed by atoms with van der Waals surface area (Å²) in [6.07, 6.45) is 2.40. The minimum atomic E-state index is -0.447. The zero-order valence-corrected chi connectivity index (χ0v) is 17.3. The molecule has 2 aromatic heterocycles. The Labute approximate surface area is 176 Å². The summed E-state index contributed by atoms with van der Waals surface area (Å²) < 4.78 is 11.0. The highest BCUT2D eigenvalue weighted by atomic mass is 32.2. The smallest absolute Gasteiger partial charge is 0.337 e. The van der Waals surface area contributed by atoms with Crippen molar-refractivity contribution in [1.29, 1.82) is 0 Å². The number of aromatic nitrogens is 3. The second kappa shape index (κ2) is 8.62. The van der Waals surface area contributed by atoms with Crippen LogP contribution in [0.5, 0.6) is 0 Å². The van der Waals surface area contributed by atoms with Gasteiger partial charge in [-0.05, 0) is 19.4 Å². The molecule has 1 aromatic carbocycles. The van der Waals surface area contributed by atoms with Gasteiger partial charge in [-0.2, -0.15) is 0 Å². The first kappa shape index (κ1) is 20.0. The molecule has 3 heterocycles. The van der Waals surface area contributed by atoms with Crippen molar-refractivity contribution in [2.45, 2.75) is 31.5 Å². The Kier molecular flexibility index (Phi) is 5.75. The van der Waals surface area contributed by atoms with Crippen LogP contribution in [0.4, 0.5) is 4.79 Å². The first-order valence-corrected chi connectivity index (χ1v) is 10.6. The molecular weight excluding hydrogens is 406 g/mol. The first-order chi connectivity index (χ1) is 14.6. The van der Waals surface area contributed by atoms with Gasteiger partial charge in [-0.3, -0.25) is 0 Å². The van der Waals surface area contributed by atoms with Crippen LogP contribution in [0, 0.1) is 0 Å². The van der Waals surface area contributed by atoms with Gasteiger partial charge in [-0.25, -0.2) is 9.59 Å². The van der Waals surface area contributed by atoms with Gasteiger partial charge in [-0.1, -0.05) is 36.9 Å². The average molecular weight is 427 g/mol. The van der Waals surface area contributed by atoms with Crippen LogP contribution in [-0.4, -0.2) is 45.6 Å².